The smallest absolute Gasteiger partial charge is 0.379 e. The third-order valence-corrected chi connectivity index (χ3v) is 5.90. The van der Waals surface area contributed by atoms with E-state index in [1.807, 2.05) is 0 Å². The summed E-state index contributed by atoms with van der Waals surface area (Å²) in [6.45, 7) is 1.38. The first kappa shape index (κ1) is 31.5. The number of carbonyl (C=O) groups is 2. The summed E-state index contributed by atoms with van der Waals surface area (Å²) in [6.07, 6.45) is -11.8. The van der Waals surface area contributed by atoms with Gasteiger partial charge in [0.25, 0.3) is 11.8 Å². The molecule has 0 saturated carbocycles. The average molecular weight is 593 g/mol. The van der Waals surface area contributed by atoms with E-state index in [2.05, 4.69) is 10.3 Å². The first-order valence-electron chi connectivity index (χ1n) is 11.9. The van der Waals surface area contributed by atoms with Crippen LogP contribution in [-0.2, 0) is 27.1 Å². The van der Waals surface area contributed by atoms with Crippen LogP contribution < -0.4 is 16.2 Å². The predicted molar refractivity (Wildman–Crippen MR) is 129 cm³/mol. The lowest BCUT2D eigenvalue weighted by molar-refractivity contribution is -0.385. The number of amides is 2. The van der Waals surface area contributed by atoms with Gasteiger partial charge in [-0.15, -0.1) is 0 Å². The van der Waals surface area contributed by atoms with E-state index in [1.54, 1.807) is 16.9 Å². The number of alkyl halides is 6. The Bertz CT molecular complexity index is 1290. The summed E-state index contributed by atoms with van der Waals surface area (Å²) in [6, 6.07) is 7.67. The van der Waals surface area contributed by atoms with Gasteiger partial charge < -0.3 is 14.8 Å². The van der Waals surface area contributed by atoms with Gasteiger partial charge in [-0.1, -0.05) is 30.3 Å². The van der Waals surface area contributed by atoms with Crippen LogP contribution in [0, 0.1) is 10.1 Å². The van der Waals surface area contributed by atoms with E-state index in [0.29, 0.717) is 5.56 Å². The van der Waals surface area contributed by atoms with E-state index in [9.17, 15) is 46.0 Å². The lowest BCUT2D eigenvalue weighted by atomic mass is 9.95. The molecule has 0 spiro atoms. The van der Waals surface area contributed by atoms with Crippen molar-refractivity contribution < 1.29 is 50.3 Å². The lowest BCUT2D eigenvalue weighted by Crippen LogP contribution is -2.61. The van der Waals surface area contributed by atoms with Crippen molar-refractivity contribution in [3.05, 3.63) is 63.3 Å². The number of fused-ring (bicyclic) bond motifs is 2. The molecule has 1 aromatic heterocycles. The standard InChI is InChI=1S/C24H25F6N5O6/c1-21(2)13-40-10-6-9-22(24(28,29)30,41-12-14-7-4-3-5-8-14)20(37)34-33-19(36)17-16(35(38)39)11-15(23(25,26)27)18(31-17)32-21/h3-5,7-8,11H,6,9-10,12-13H2,1-2H3,(H,31,32)(H,33,36)(H,34,37). The average Bonchev–Trinajstić information content (AvgIpc) is 2.86. The van der Waals surface area contributed by atoms with Crippen LogP contribution in [0.2, 0.25) is 0 Å². The van der Waals surface area contributed by atoms with E-state index in [1.165, 1.54) is 38.1 Å². The molecule has 0 aliphatic carbocycles. The zero-order valence-electron chi connectivity index (χ0n) is 21.6. The Morgan fingerprint density at radius 1 is 1.10 bits per heavy atom. The number of rotatable bonds is 4. The van der Waals surface area contributed by atoms with Crippen molar-refractivity contribution in [3.63, 3.8) is 0 Å². The third kappa shape index (κ3) is 7.40. The van der Waals surface area contributed by atoms with Gasteiger partial charge in [-0.3, -0.25) is 30.6 Å². The second kappa shape index (κ2) is 11.9. The molecule has 11 nitrogen and oxygen atoms in total. The van der Waals surface area contributed by atoms with Crippen molar-refractivity contribution in [2.24, 2.45) is 0 Å². The molecule has 3 N–H and O–H groups in total. The number of pyridine rings is 1. The fraction of sp³-hybridized carbons (Fsp3) is 0.458. The van der Waals surface area contributed by atoms with Crippen molar-refractivity contribution in [1.29, 1.82) is 0 Å². The van der Waals surface area contributed by atoms with Crippen molar-refractivity contribution in [1.82, 2.24) is 15.8 Å². The van der Waals surface area contributed by atoms with Crippen molar-refractivity contribution in [3.8, 4) is 0 Å². The monoisotopic (exact) mass is 593 g/mol. The van der Waals surface area contributed by atoms with Gasteiger partial charge in [0.05, 0.1) is 23.7 Å². The molecule has 0 fully saturated rings. The van der Waals surface area contributed by atoms with Crippen LogP contribution in [0.5, 0.6) is 0 Å². The largest absolute Gasteiger partial charge is 0.426 e. The zero-order valence-corrected chi connectivity index (χ0v) is 21.6. The van der Waals surface area contributed by atoms with Crippen molar-refractivity contribution >= 4 is 23.3 Å². The summed E-state index contributed by atoms with van der Waals surface area (Å²) in [4.78, 5) is 39.5. The van der Waals surface area contributed by atoms with Crippen LogP contribution in [0.4, 0.5) is 37.8 Å². The van der Waals surface area contributed by atoms with Crippen molar-refractivity contribution in [2.45, 2.75) is 56.8 Å². The molecule has 224 valence electrons. The molecule has 17 heteroatoms. The first-order valence-corrected chi connectivity index (χ1v) is 11.9. The van der Waals surface area contributed by atoms with Crippen molar-refractivity contribution in [2.75, 3.05) is 18.5 Å². The van der Waals surface area contributed by atoms with E-state index in [4.69, 9.17) is 9.47 Å². The Labute approximate surface area is 228 Å². The van der Waals surface area contributed by atoms with Gasteiger partial charge in [-0.25, -0.2) is 4.98 Å². The molecule has 2 aromatic rings. The molecule has 1 unspecified atom stereocenters. The number of hydrazine groups is 1. The summed E-state index contributed by atoms with van der Waals surface area (Å²) in [5, 5.41) is 14.0. The fourth-order valence-corrected chi connectivity index (χ4v) is 3.89. The second-order valence-electron chi connectivity index (χ2n) is 9.68. The Morgan fingerprint density at radius 2 is 1.76 bits per heavy atom. The van der Waals surface area contributed by atoms with Crippen LogP contribution in [-0.4, -0.2) is 52.3 Å². The Kier molecular flexibility index (Phi) is 9.12. The fourth-order valence-electron chi connectivity index (χ4n) is 3.89. The summed E-state index contributed by atoms with van der Waals surface area (Å²) >= 11 is 0. The summed E-state index contributed by atoms with van der Waals surface area (Å²) in [5.41, 5.74) is -5.64. The highest BCUT2D eigenvalue weighted by molar-refractivity contribution is 5.98. The number of carbonyl (C=O) groups excluding carboxylic acids is 2. The molecule has 0 radical (unpaired) electrons. The van der Waals surface area contributed by atoms with Gasteiger partial charge >= 0.3 is 18.0 Å². The van der Waals surface area contributed by atoms with E-state index < -0.39 is 82.4 Å². The number of nitrogens with one attached hydrogen (secondary N) is 3. The zero-order chi connectivity index (χ0) is 30.6. The van der Waals surface area contributed by atoms with Crippen LogP contribution >= 0.6 is 0 Å². The summed E-state index contributed by atoms with van der Waals surface area (Å²) in [7, 11) is 0. The normalized spacial score (nSPS) is 20.6. The van der Waals surface area contributed by atoms with Crippen LogP contribution in [0.3, 0.4) is 0 Å². The molecule has 41 heavy (non-hydrogen) atoms. The van der Waals surface area contributed by atoms with Crippen LogP contribution in [0.25, 0.3) is 0 Å². The van der Waals surface area contributed by atoms with Crippen LogP contribution in [0.15, 0.2) is 36.4 Å². The Balaban J connectivity index is 2.07. The minimum absolute atomic E-state index is 0.0596. The second-order valence-corrected chi connectivity index (χ2v) is 9.68. The van der Waals surface area contributed by atoms with Gasteiger partial charge in [-0.05, 0) is 32.3 Å². The molecular weight excluding hydrogens is 568 g/mol. The van der Waals surface area contributed by atoms with E-state index >= 15 is 0 Å². The summed E-state index contributed by atoms with van der Waals surface area (Å²) in [5.74, 6) is -4.50. The number of benzene rings is 1. The molecule has 1 aromatic carbocycles. The summed E-state index contributed by atoms with van der Waals surface area (Å²) < 4.78 is 95.1. The molecule has 1 atom stereocenters. The van der Waals surface area contributed by atoms with E-state index in [0.717, 1.165) is 0 Å². The molecule has 1 aliphatic heterocycles. The maximum atomic E-state index is 14.5. The first-order chi connectivity index (χ1) is 19.0. The third-order valence-electron chi connectivity index (χ3n) is 5.90. The maximum absolute atomic E-state index is 14.5. The molecule has 0 saturated heterocycles. The molecule has 2 bridgehead atoms. The lowest BCUT2D eigenvalue weighted by Gasteiger charge is -2.34. The maximum Gasteiger partial charge on any atom is 0.426 e. The molecule has 1 aliphatic rings. The SMILES string of the molecule is CC1(C)COCCCC(OCc2ccccc2)(C(F)(F)F)C(=O)NNC(=O)c2nc(c(C(F)(F)F)cc2[N+](=O)[O-])N1. The quantitative estimate of drug-likeness (QED) is 0.271. The van der Waals surface area contributed by atoms with Crippen LogP contribution in [0.1, 0.15) is 48.3 Å². The minimum atomic E-state index is -5.32. The highest BCUT2D eigenvalue weighted by Crippen LogP contribution is 2.40. The van der Waals surface area contributed by atoms with Gasteiger partial charge in [0, 0.05) is 12.7 Å². The Hall–Kier alpha value is -3.99. The van der Waals surface area contributed by atoms with Gasteiger partial charge in [0.15, 0.2) is 0 Å². The Morgan fingerprint density at radius 3 is 2.34 bits per heavy atom. The van der Waals surface area contributed by atoms with Gasteiger partial charge in [-0.2, -0.15) is 26.3 Å². The van der Waals surface area contributed by atoms with Gasteiger partial charge in [0.1, 0.15) is 11.4 Å². The number of hydrogen-bond acceptors (Lipinski definition) is 8. The molecular formula is C24H25F6N5O6. The number of hydrogen-bond donors (Lipinski definition) is 3. The highest BCUT2D eigenvalue weighted by atomic mass is 19.4. The van der Waals surface area contributed by atoms with Gasteiger partial charge in [0.2, 0.25) is 11.3 Å². The predicted octanol–water partition coefficient (Wildman–Crippen LogP) is 4.29. The number of halogens is 6. The van der Waals surface area contributed by atoms with E-state index in [-0.39, 0.29) is 19.3 Å². The number of nitrogens with zero attached hydrogens (tertiary/aromatic N) is 2. The minimum Gasteiger partial charge on any atom is -0.379 e. The highest BCUT2D eigenvalue weighted by Gasteiger charge is 2.61. The molecule has 2 heterocycles. The number of anilines is 1. The number of nitro groups is 1. The number of aromatic nitrogens is 1. The number of ether oxygens (including phenoxy) is 2. The molecule has 3 rings (SSSR count). The molecule has 2 amide bonds. The topological polar surface area (TPSA) is 145 Å².